The molecular weight excluding hydrogens is 376 g/mol. The summed E-state index contributed by atoms with van der Waals surface area (Å²) in [7, 11) is 5.22. The lowest BCUT2D eigenvalue weighted by Gasteiger charge is -2.18. The van der Waals surface area contributed by atoms with Gasteiger partial charge in [0.05, 0.1) is 18.3 Å². The van der Waals surface area contributed by atoms with Gasteiger partial charge in [-0.3, -0.25) is 9.69 Å². The Bertz CT molecular complexity index is 974. The highest BCUT2D eigenvalue weighted by molar-refractivity contribution is 6.30. The summed E-state index contributed by atoms with van der Waals surface area (Å²) in [6.07, 6.45) is 1.72. The highest BCUT2D eigenvalue weighted by Crippen LogP contribution is 2.35. The number of esters is 1. The van der Waals surface area contributed by atoms with E-state index < -0.39 is 5.97 Å². The molecule has 1 aliphatic heterocycles. The molecule has 0 unspecified atom stereocenters. The Balaban J connectivity index is 2.07. The van der Waals surface area contributed by atoms with E-state index in [9.17, 15) is 9.59 Å². The molecule has 0 aromatic heterocycles. The van der Waals surface area contributed by atoms with Crippen LogP contribution in [0.15, 0.2) is 65.4 Å². The molecule has 1 amide bonds. The molecule has 6 heteroatoms. The van der Waals surface area contributed by atoms with Crippen LogP contribution in [0.3, 0.4) is 0 Å². The number of methoxy groups -OCH3 is 1. The van der Waals surface area contributed by atoms with E-state index in [2.05, 4.69) is 0 Å². The Hall–Kier alpha value is -3.05. The molecule has 0 saturated heterocycles. The highest BCUT2D eigenvalue weighted by Gasteiger charge is 2.37. The first-order valence-corrected chi connectivity index (χ1v) is 9.10. The molecule has 1 aliphatic rings. The number of hydrogen-bond acceptors (Lipinski definition) is 4. The number of benzene rings is 2. The van der Waals surface area contributed by atoms with Crippen LogP contribution in [0.25, 0.3) is 6.08 Å². The number of anilines is 2. The highest BCUT2D eigenvalue weighted by atomic mass is 35.5. The zero-order chi connectivity index (χ0) is 20.4. The molecule has 5 nitrogen and oxygen atoms in total. The molecule has 2 aromatic carbocycles. The van der Waals surface area contributed by atoms with Crippen molar-refractivity contribution < 1.29 is 14.3 Å². The fourth-order valence-electron chi connectivity index (χ4n) is 3.12. The van der Waals surface area contributed by atoms with Crippen LogP contribution in [0.5, 0.6) is 0 Å². The van der Waals surface area contributed by atoms with Crippen molar-refractivity contribution in [2.75, 3.05) is 31.0 Å². The van der Waals surface area contributed by atoms with E-state index in [1.807, 2.05) is 43.3 Å². The van der Waals surface area contributed by atoms with Crippen LogP contribution in [0.4, 0.5) is 11.4 Å². The summed E-state index contributed by atoms with van der Waals surface area (Å²) >= 11 is 5.96. The quantitative estimate of drug-likeness (QED) is 0.571. The second-order valence-electron chi connectivity index (χ2n) is 6.61. The molecule has 28 heavy (non-hydrogen) atoms. The van der Waals surface area contributed by atoms with Gasteiger partial charge in [-0.25, -0.2) is 4.79 Å². The van der Waals surface area contributed by atoms with Gasteiger partial charge in [-0.1, -0.05) is 23.7 Å². The third-order valence-electron chi connectivity index (χ3n) is 4.59. The van der Waals surface area contributed by atoms with Gasteiger partial charge < -0.3 is 9.64 Å². The van der Waals surface area contributed by atoms with Gasteiger partial charge in [-0.15, -0.1) is 0 Å². The standard InChI is InChI=1S/C22H21ClN2O3/c1-14-20(22(27)28-4)19(13-15-5-9-17(10-6-15)24(2)3)21(26)25(14)18-11-7-16(23)8-12-18/h5-13H,1-4H3. The average Bonchev–Trinajstić information content (AvgIpc) is 2.92. The molecule has 0 fully saturated rings. The first-order chi connectivity index (χ1) is 13.3. The molecule has 0 bridgehead atoms. The molecule has 3 rings (SSSR count). The van der Waals surface area contributed by atoms with Crippen LogP contribution in [0.2, 0.25) is 5.02 Å². The minimum Gasteiger partial charge on any atom is -0.465 e. The van der Waals surface area contributed by atoms with E-state index in [0.29, 0.717) is 22.0 Å². The SMILES string of the molecule is COC(=O)C1=C(C)N(c2ccc(Cl)cc2)C(=O)C1=Cc1ccc(N(C)C)cc1. The lowest BCUT2D eigenvalue weighted by atomic mass is 10.0. The van der Waals surface area contributed by atoms with Crippen molar-refractivity contribution in [1.82, 2.24) is 0 Å². The molecule has 0 radical (unpaired) electrons. The van der Waals surface area contributed by atoms with Gasteiger partial charge in [-0.05, 0) is 55.0 Å². The van der Waals surface area contributed by atoms with E-state index in [1.54, 1.807) is 37.3 Å². The maximum absolute atomic E-state index is 13.2. The average molecular weight is 397 g/mol. The van der Waals surface area contributed by atoms with Crippen LogP contribution in [0, 0.1) is 0 Å². The van der Waals surface area contributed by atoms with E-state index in [1.165, 1.54) is 12.0 Å². The number of allylic oxidation sites excluding steroid dienone is 1. The van der Waals surface area contributed by atoms with Gasteiger partial charge in [-0.2, -0.15) is 0 Å². The van der Waals surface area contributed by atoms with Gasteiger partial charge in [0.2, 0.25) is 0 Å². The summed E-state index contributed by atoms with van der Waals surface area (Å²) in [5.74, 6) is -0.824. The van der Waals surface area contributed by atoms with E-state index >= 15 is 0 Å². The summed E-state index contributed by atoms with van der Waals surface area (Å²) in [6.45, 7) is 1.73. The maximum atomic E-state index is 13.2. The molecule has 1 heterocycles. The fraction of sp³-hybridized carbons (Fsp3) is 0.182. The number of ether oxygens (including phenoxy) is 1. The molecular formula is C22H21ClN2O3. The first kappa shape index (κ1) is 19.7. The predicted molar refractivity (Wildman–Crippen MR) is 112 cm³/mol. The van der Waals surface area contributed by atoms with Crippen molar-refractivity contribution in [2.24, 2.45) is 0 Å². The van der Waals surface area contributed by atoms with Gasteiger partial charge in [0.25, 0.3) is 5.91 Å². The van der Waals surface area contributed by atoms with Crippen molar-refractivity contribution in [3.63, 3.8) is 0 Å². The Morgan fingerprint density at radius 1 is 1.07 bits per heavy atom. The molecule has 0 saturated carbocycles. The molecule has 144 valence electrons. The fourth-order valence-corrected chi connectivity index (χ4v) is 3.24. The Kier molecular flexibility index (Phi) is 5.56. The van der Waals surface area contributed by atoms with Crippen LogP contribution < -0.4 is 9.80 Å². The normalized spacial score (nSPS) is 15.4. The minimum atomic E-state index is -0.543. The van der Waals surface area contributed by atoms with Crippen LogP contribution in [-0.4, -0.2) is 33.1 Å². The van der Waals surface area contributed by atoms with Gasteiger partial charge in [0.1, 0.15) is 0 Å². The number of rotatable bonds is 4. The van der Waals surface area contributed by atoms with Gasteiger partial charge in [0.15, 0.2) is 0 Å². The van der Waals surface area contributed by atoms with E-state index in [0.717, 1.165) is 11.3 Å². The van der Waals surface area contributed by atoms with Crippen LogP contribution in [0.1, 0.15) is 12.5 Å². The number of hydrogen-bond donors (Lipinski definition) is 0. The number of halogens is 1. The smallest absolute Gasteiger partial charge is 0.340 e. The van der Waals surface area contributed by atoms with Gasteiger partial charge in [0, 0.05) is 36.2 Å². The second-order valence-corrected chi connectivity index (χ2v) is 7.05. The number of nitrogens with zero attached hydrogens (tertiary/aromatic N) is 2. The molecule has 0 spiro atoms. The lowest BCUT2D eigenvalue weighted by molar-refractivity contribution is -0.136. The molecule has 0 aliphatic carbocycles. The summed E-state index contributed by atoms with van der Waals surface area (Å²) in [6, 6.07) is 14.6. The van der Waals surface area contributed by atoms with Crippen molar-refractivity contribution in [2.45, 2.75) is 6.92 Å². The largest absolute Gasteiger partial charge is 0.465 e. The van der Waals surface area contributed by atoms with Crippen molar-refractivity contribution >= 4 is 40.9 Å². The minimum absolute atomic E-state index is 0.263. The van der Waals surface area contributed by atoms with E-state index in [-0.39, 0.29) is 11.5 Å². The number of carbonyl (C=O) groups excluding carboxylic acids is 2. The maximum Gasteiger partial charge on any atom is 0.340 e. The van der Waals surface area contributed by atoms with Crippen LogP contribution in [-0.2, 0) is 14.3 Å². The van der Waals surface area contributed by atoms with Crippen molar-refractivity contribution in [3.8, 4) is 0 Å². The van der Waals surface area contributed by atoms with Crippen molar-refractivity contribution in [3.05, 3.63) is 76.0 Å². The third kappa shape index (κ3) is 3.66. The summed E-state index contributed by atoms with van der Waals surface area (Å²) < 4.78 is 4.93. The molecule has 0 N–H and O–H groups in total. The monoisotopic (exact) mass is 396 g/mol. The summed E-state index contributed by atoms with van der Waals surface area (Å²) in [5, 5.41) is 0.571. The zero-order valence-corrected chi connectivity index (χ0v) is 16.9. The Morgan fingerprint density at radius 2 is 1.68 bits per heavy atom. The number of carbonyl (C=O) groups is 2. The van der Waals surface area contributed by atoms with E-state index in [4.69, 9.17) is 16.3 Å². The molecule has 2 aromatic rings. The topological polar surface area (TPSA) is 49.9 Å². The van der Waals surface area contributed by atoms with Crippen LogP contribution >= 0.6 is 11.6 Å². The number of amides is 1. The Morgan fingerprint density at radius 3 is 2.21 bits per heavy atom. The zero-order valence-electron chi connectivity index (χ0n) is 16.2. The third-order valence-corrected chi connectivity index (χ3v) is 4.85. The second kappa shape index (κ2) is 7.90. The van der Waals surface area contributed by atoms with Crippen molar-refractivity contribution in [1.29, 1.82) is 0 Å². The first-order valence-electron chi connectivity index (χ1n) is 8.72. The summed E-state index contributed by atoms with van der Waals surface area (Å²) in [5.41, 5.74) is 3.59. The van der Waals surface area contributed by atoms with Gasteiger partial charge >= 0.3 is 5.97 Å². The molecule has 0 atom stereocenters. The Labute approximate surface area is 169 Å². The summed E-state index contributed by atoms with van der Waals surface area (Å²) in [4.78, 5) is 29.1. The predicted octanol–water partition coefficient (Wildman–Crippen LogP) is 4.28. The lowest BCUT2D eigenvalue weighted by Crippen LogP contribution is -2.24.